The molecule has 6 nitrogen and oxygen atoms in total. The smallest absolute Gasteiger partial charge is 0.269 e. The molecule has 0 saturated carbocycles. The average molecular weight is 331 g/mol. The third-order valence-corrected chi connectivity index (χ3v) is 3.71. The predicted octanol–water partition coefficient (Wildman–Crippen LogP) is 4.16. The molecule has 3 aromatic rings. The van der Waals surface area contributed by atoms with Crippen LogP contribution in [0.25, 0.3) is 17.3 Å². The Balaban J connectivity index is 1.99. The summed E-state index contributed by atoms with van der Waals surface area (Å²) < 4.78 is 1.88. The zero-order chi connectivity index (χ0) is 17.8. The van der Waals surface area contributed by atoms with Crippen LogP contribution in [0.15, 0.2) is 66.9 Å². The van der Waals surface area contributed by atoms with Gasteiger partial charge in [0.15, 0.2) is 0 Å². The second-order valence-corrected chi connectivity index (χ2v) is 5.29. The SMILES string of the molecule is N#C/C(=C/c1cccn1-c1ccc(O)cc1)c1ccc([N+](=O)[O-])cc1. The maximum atomic E-state index is 10.7. The van der Waals surface area contributed by atoms with Crippen LogP contribution < -0.4 is 0 Å². The van der Waals surface area contributed by atoms with E-state index < -0.39 is 4.92 Å². The number of aromatic hydroxyl groups is 1. The molecule has 0 aliphatic rings. The lowest BCUT2D eigenvalue weighted by Crippen LogP contribution is -1.95. The Bertz CT molecular complexity index is 978. The van der Waals surface area contributed by atoms with Crippen molar-refractivity contribution >= 4 is 17.3 Å². The van der Waals surface area contributed by atoms with Crippen molar-refractivity contribution in [2.24, 2.45) is 0 Å². The van der Waals surface area contributed by atoms with E-state index in [1.807, 2.05) is 22.9 Å². The zero-order valence-electron chi connectivity index (χ0n) is 13.0. The van der Waals surface area contributed by atoms with Crippen molar-refractivity contribution in [2.45, 2.75) is 0 Å². The van der Waals surface area contributed by atoms with E-state index in [-0.39, 0.29) is 11.4 Å². The Morgan fingerprint density at radius 3 is 2.40 bits per heavy atom. The summed E-state index contributed by atoms with van der Waals surface area (Å²) >= 11 is 0. The summed E-state index contributed by atoms with van der Waals surface area (Å²) in [6.45, 7) is 0. The molecule has 0 unspecified atom stereocenters. The molecule has 1 heterocycles. The number of hydrogen-bond donors (Lipinski definition) is 1. The van der Waals surface area contributed by atoms with E-state index in [0.717, 1.165) is 11.4 Å². The third kappa shape index (κ3) is 3.41. The highest BCUT2D eigenvalue weighted by atomic mass is 16.6. The minimum atomic E-state index is -0.477. The molecule has 0 aliphatic heterocycles. The van der Waals surface area contributed by atoms with E-state index in [1.165, 1.54) is 12.1 Å². The van der Waals surface area contributed by atoms with Gasteiger partial charge < -0.3 is 9.67 Å². The minimum Gasteiger partial charge on any atom is -0.508 e. The third-order valence-electron chi connectivity index (χ3n) is 3.71. The molecule has 0 radical (unpaired) electrons. The van der Waals surface area contributed by atoms with Crippen LogP contribution >= 0.6 is 0 Å². The van der Waals surface area contributed by atoms with E-state index in [1.54, 1.807) is 42.5 Å². The van der Waals surface area contributed by atoms with Gasteiger partial charge in [-0.15, -0.1) is 0 Å². The number of nitro benzene ring substituents is 1. The Morgan fingerprint density at radius 1 is 1.12 bits per heavy atom. The minimum absolute atomic E-state index is 0.0199. The molecule has 25 heavy (non-hydrogen) atoms. The zero-order valence-corrected chi connectivity index (χ0v) is 13.0. The maximum absolute atomic E-state index is 10.7. The average Bonchev–Trinajstić information content (AvgIpc) is 3.08. The lowest BCUT2D eigenvalue weighted by Gasteiger charge is -2.07. The van der Waals surface area contributed by atoms with E-state index in [2.05, 4.69) is 6.07 Å². The summed E-state index contributed by atoms with van der Waals surface area (Å²) in [5.41, 5.74) is 2.60. The molecule has 122 valence electrons. The fourth-order valence-electron chi connectivity index (χ4n) is 2.45. The normalized spacial score (nSPS) is 11.1. The van der Waals surface area contributed by atoms with Crippen molar-refractivity contribution < 1.29 is 10.0 Å². The van der Waals surface area contributed by atoms with Crippen LogP contribution in [0.5, 0.6) is 5.75 Å². The van der Waals surface area contributed by atoms with Gasteiger partial charge in [-0.25, -0.2) is 0 Å². The van der Waals surface area contributed by atoms with E-state index in [4.69, 9.17) is 0 Å². The molecule has 1 aromatic heterocycles. The fraction of sp³-hybridized carbons (Fsp3) is 0. The van der Waals surface area contributed by atoms with Crippen LogP contribution in [0, 0.1) is 21.4 Å². The topological polar surface area (TPSA) is 92.1 Å². The lowest BCUT2D eigenvalue weighted by atomic mass is 10.1. The second kappa shape index (κ2) is 6.72. The number of phenols is 1. The number of aromatic nitrogens is 1. The molecule has 0 amide bonds. The van der Waals surface area contributed by atoms with Crippen molar-refractivity contribution in [1.82, 2.24) is 4.57 Å². The summed E-state index contributed by atoms with van der Waals surface area (Å²) in [4.78, 5) is 10.3. The summed E-state index contributed by atoms with van der Waals surface area (Å²) in [6.07, 6.45) is 3.57. The molecule has 0 saturated heterocycles. The van der Waals surface area contributed by atoms with Gasteiger partial charge in [-0.2, -0.15) is 5.26 Å². The van der Waals surface area contributed by atoms with E-state index in [0.29, 0.717) is 11.1 Å². The molecule has 0 fully saturated rings. The van der Waals surface area contributed by atoms with Crippen LogP contribution in [0.2, 0.25) is 0 Å². The number of rotatable bonds is 4. The molecular weight excluding hydrogens is 318 g/mol. The molecular formula is C19H13N3O3. The van der Waals surface area contributed by atoms with Crippen LogP contribution in [0.1, 0.15) is 11.3 Å². The molecule has 1 N–H and O–H groups in total. The van der Waals surface area contributed by atoms with Crippen LogP contribution in [0.4, 0.5) is 5.69 Å². The Labute approximate surface area is 143 Å². The quantitative estimate of drug-likeness (QED) is 0.441. The highest BCUT2D eigenvalue weighted by molar-refractivity contribution is 5.89. The Hall–Kier alpha value is -3.85. The highest BCUT2D eigenvalue weighted by Crippen LogP contribution is 2.23. The summed E-state index contributed by atoms with van der Waals surface area (Å²) in [6, 6.07) is 18.4. The van der Waals surface area contributed by atoms with E-state index in [9.17, 15) is 20.5 Å². The highest BCUT2D eigenvalue weighted by Gasteiger charge is 2.08. The van der Waals surface area contributed by atoms with Gasteiger partial charge in [0.05, 0.1) is 16.6 Å². The number of non-ortho nitro benzene ring substituents is 1. The summed E-state index contributed by atoms with van der Waals surface area (Å²) in [7, 11) is 0. The molecule has 0 atom stereocenters. The summed E-state index contributed by atoms with van der Waals surface area (Å²) in [5.74, 6) is 0.177. The Morgan fingerprint density at radius 2 is 1.80 bits per heavy atom. The number of phenolic OH excluding ortho intramolecular Hbond substituents is 1. The van der Waals surface area contributed by atoms with Gasteiger partial charge in [-0.05, 0) is 60.2 Å². The van der Waals surface area contributed by atoms with Gasteiger partial charge in [0.1, 0.15) is 5.75 Å². The molecule has 2 aromatic carbocycles. The first kappa shape index (κ1) is 16.0. The molecule has 0 spiro atoms. The maximum Gasteiger partial charge on any atom is 0.269 e. The standard InChI is InChI=1S/C19H13N3O3/c20-13-15(14-3-5-17(6-4-14)22(24)25)12-18-2-1-11-21(18)16-7-9-19(23)10-8-16/h1-12,23H/b15-12-. The van der Waals surface area contributed by atoms with Gasteiger partial charge in [0.2, 0.25) is 0 Å². The first-order valence-corrected chi connectivity index (χ1v) is 7.42. The molecule has 0 aliphatic carbocycles. The predicted molar refractivity (Wildman–Crippen MR) is 94.0 cm³/mol. The van der Waals surface area contributed by atoms with Gasteiger partial charge >= 0.3 is 0 Å². The van der Waals surface area contributed by atoms with Crippen molar-refractivity contribution in [2.75, 3.05) is 0 Å². The van der Waals surface area contributed by atoms with E-state index >= 15 is 0 Å². The van der Waals surface area contributed by atoms with Crippen molar-refractivity contribution in [3.63, 3.8) is 0 Å². The van der Waals surface area contributed by atoms with Crippen LogP contribution in [-0.2, 0) is 0 Å². The van der Waals surface area contributed by atoms with Crippen LogP contribution in [0.3, 0.4) is 0 Å². The fourth-order valence-corrected chi connectivity index (χ4v) is 2.45. The lowest BCUT2D eigenvalue weighted by molar-refractivity contribution is -0.384. The summed E-state index contributed by atoms with van der Waals surface area (Å²) in [5, 5.41) is 29.6. The van der Waals surface area contributed by atoms with Crippen LogP contribution in [-0.4, -0.2) is 14.6 Å². The Kier molecular flexibility index (Phi) is 4.31. The van der Waals surface area contributed by atoms with Crippen molar-refractivity contribution in [3.05, 3.63) is 88.2 Å². The van der Waals surface area contributed by atoms with Crippen molar-refractivity contribution in [1.29, 1.82) is 5.26 Å². The molecule has 0 bridgehead atoms. The second-order valence-electron chi connectivity index (χ2n) is 5.29. The molecule has 3 rings (SSSR count). The number of nitriles is 1. The number of nitro groups is 1. The number of benzene rings is 2. The van der Waals surface area contributed by atoms with Gasteiger partial charge in [0, 0.05) is 29.7 Å². The monoisotopic (exact) mass is 331 g/mol. The van der Waals surface area contributed by atoms with Gasteiger partial charge in [-0.3, -0.25) is 10.1 Å². The first-order chi connectivity index (χ1) is 12.1. The first-order valence-electron chi connectivity index (χ1n) is 7.42. The number of hydrogen-bond acceptors (Lipinski definition) is 4. The van der Waals surface area contributed by atoms with Gasteiger partial charge in [0.25, 0.3) is 5.69 Å². The molecule has 6 heteroatoms. The number of allylic oxidation sites excluding steroid dienone is 1. The van der Waals surface area contributed by atoms with Gasteiger partial charge in [-0.1, -0.05) is 0 Å². The largest absolute Gasteiger partial charge is 0.508 e. The number of nitrogens with zero attached hydrogens (tertiary/aromatic N) is 3. The van der Waals surface area contributed by atoms with Crippen molar-refractivity contribution in [3.8, 4) is 17.5 Å².